The highest BCUT2D eigenvalue weighted by Gasteiger charge is 2.55. The molecule has 2 aliphatic carbocycles. The van der Waals surface area contributed by atoms with Gasteiger partial charge in [-0.25, -0.2) is 0 Å². The van der Waals surface area contributed by atoms with E-state index in [2.05, 4.69) is 76.9 Å². The van der Waals surface area contributed by atoms with Crippen LogP contribution in [0.25, 0.3) is 5.70 Å². The molecule has 2 aliphatic heterocycles. The van der Waals surface area contributed by atoms with E-state index in [1.807, 2.05) is 65.0 Å². The molecular weight excluding hydrogens is 777 g/mol. The van der Waals surface area contributed by atoms with Crippen LogP contribution in [0.2, 0.25) is 0 Å². The Balaban J connectivity index is 0.00000358. The van der Waals surface area contributed by atoms with Crippen molar-refractivity contribution in [2.75, 3.05) is 6.54 Å². The first-order valence-electron chi connectivity index (χ1n) is 23.4. The quantitative estimate of drug-likeness (QED) is 0.103. The van der Waals surface area contributed by atoms with Gasteiger partial charge in [0.15, 0.2) is 5.60 Å². The van der Waals surface area contributed by atoms with Crippen molar-refractivity contribution in [3.63, 3.8) is 0 Å². The maximum Gasteiger partial charge on any atom is 0.246 e. The minimum Gasteiger partial charge on any atom is -0.387 e. The van der Waals surface area contributed by atoms with Crippen molar-refractivity contribution in [1.82, 2.24) is 36.1 Å². The summed E-state index contributed by atoms with van der Waals surface area (Å²) in [5.41, 5.74) is 3.13. The number of nitrogens with one attached hydrogen (secondary N) is 4. The van der Waals surface area contributed by atoms with Gasteiger partial charge < -0.3 is 35.7 Å². The molecule has 1 spiro atoms. The van der Waals surface area contributed by atoms with Gasteiger partial charge in [0.05, 0.1) is 42.3 Å². The second kappa shape index (κ2) is 22.1. The minimum absolute atomic E-state index is 0.0336. The van der Waals surface area contributed by atoms with E-state index >= 15 is 4.79 Å². The topological polar surface area (TPSA) is 142 Å². The molecule has 6 rings (SSSR count). The van der Waals surface area contributed by atoms with E-state index in [9.17, 15) is 4.79 Å². The lowest BCUT2D eigenvalue weighted by Crippen LogP contribution is -2.59. The highest BCUT2D eigenvalue weighted by atomic mass is 16.7. The van der Waals surface area contributed by atoms with E-state index in [4.69, 9.17) is 9.57 Å². The van der Waals surface area contributed by atoms with Gasteiger partial charge >= 0.3 is 0 Å². The first-order chi connectivity index (χ1) is 29.7. The number of benzene rings is 1. The van der Waals surface area contributed by atoms with Gasteiger partial charge in [-0.3, -0.25) is 19.6 Å². The molecule has 3 unspecified atom stereocenters. The van der Waals surface area contributed by atoms with E-state index in [0.717, 1.165) is 68.3 Å². The number of aromatic nitrogens is 2. The van der Waals surface area contributed by atoms with E-state index in [0.29, 0.717) is 42.4 Å². The van der Waals surface area contributed by atoms with Gasteiger partial charge in [0.25, 0.3) is 0 Å². The van der Waals surface area contributed by atoms with Crippen molar-refractivity contribution in [3.05, 3.63) is 91.3 Å². The smallest absolute Gasteiger partial charge is 0.246 e. The van der Waals surface area contributed by atoms with Crippen molar-refractivity contribution < 1.29 is 19.2 Å². The van der Waals surface area contributed by atoms with Crippen LogP contribution in [0.1, 0.15) is 144 Å². The third-order valence-electron chi connectivity index (χ3n) is 12.6. The van der Waals surface area contributed by atoms with Crippen molar-refractivity contribution in [1.29, 1.82) is 0 Å². The van der Waals surface area contributed by atoms with Crippen LogP contribution in [-0.2, 0) is 19.2 Å². The largest absolute Gasteiger partial charge is 0.387 e. The van der Waals surface area contributed by atoms with Gasteiger partial charge in [-0.1, -0.05) is 129 Å². The van der Waals surface area contributed by atoms with Crippen LogP contribution in [0, 0.1) is 11.3 Å². The number of carbonyl (C=O) groups excluding carboxylic acids is 2. The zero-order valence-electron chi connectivity index (χ0n) is 39.0. The molecule has 340 valence electrons. The Bertz CT molecular complexity index is 1840. The second-order valence-electron chi connectivity index (χ2n) is 18.7. The monoisotopic (exact) mass is 853 g/mol. The Morgan fingerprint density at radius 1 is 0.968 bits per heavy atom. The maximum absolute atomic E-state index is 15.4. The highest BCUT2D eigenvalue weighted by molar-refractivity contribution is 6.02. The first kappa shape index (κ1) is 48.3. The summed E-state index contributed by atoms with van der Waals surface area (Å²) >= 11 is 0. The summed E-state index contributed by atoms with van der Waals surface area (Å²) in [7, 11) is 0. The lowest BCUT2D eigenvalue weighted by Gasteiger charge is -2.40. The van der Waals surface area contributed by atoms with Gasteiger partial charge in [-0.2, -0.15) is 0 Å². The maximum atomic E-state index is 15.4. The molecule has 7 atom stereocenters. The molecule has 12 nitrogen and oxygen atoms in total. The average molecular weight is 853 g/mol. The molecule has 12 heteroatoms. The molecule has 2 aromatic rings. The summed E-state index contributed by atoms with van der Waals surface area (Å²) in [6, 6.07) is 8.23. The zero-order chi connectivity index (χ0) is 45.0. The van der Waals surface area contributed by atoms with Crippen molar-refractivity contribution in [3.8, 4) is 0 Å². The molecule has 2 saturated carbocycles. The number of nitrogens with zero attached hydrogens (tertiary/aromatic N) is 4. The summed E-state index contributed by atoms with van der Waals surface area (Å²) in [4.78, 5) is 47.1. The molecule has 62 heavy (non-hydrogen) atoms. The molecule has 0 radical (unpaired) electrons. The molecular formula is C50H76N8O4. The van der Waals surface area contributed by atoms with Crippen LogP contribution in [0.4, 0.5) is 0 Å². The van der Waals surface area contributed by atoms with Crippen LogP contribution in [0.15, 0.2) is 85.2 Å². The molecule has 3 fully saturated rings. The van der Waals surface area contributed by atoms with Gasteiger partial charge in [0.2, 0.25) is 11.8 Å². The van der Waals surface area contributed by atoms with Gasteiger partial charge in [0, 0.05) is 42.7 Å². The molecule has 2 amide bonds. The normalized spacial score (nSPS) is 22.4. The number of hydrogen-bond donors (Lipinski definition) is 4. The number of ether oxygens (including phenoxy) is 1. The lowest BCUT2D eigenvalue weighted by molar-refractivity contribution is -0.143. The van der Waals surface area contributed by atoms with Crippen molar-refractivity contribution in [2.24, 2.45) is 16.5 Å². The van der Waals surface area contributed by atoms with Crippen LogP contribution >= 0.6 is 0 Å². The number of amides is 2. The Labute approximate surface area is 372 Å². The number of likely N-dealkylation sites (tertiary alicyclic amines) is 1. The molecule has 1 aromatic heterocycles. The lowest BCUT2D eigenvalue weighted by atomic mass is 9.81. The van der Waals surface area contributed by atoms with Crippen LogP contribution in [-0.4, -0.2) is 87.0 Å². The van der Waals surface area contributed by atoms with E-state index < -0.39 is 29.2 Å². The van der Waals surface area contributed by atoms with Crippen LogP contribution < -0.4 is 21.3 Å². The number of rotatable bonds is 20. The van der Waals surface area contributed by atoms with E-state index in [-0.39, 0.29) is 42.5 Å². The summed E-state index contributed by atoms with van der Waals surface area (Å²) in [6.07, 6.45) is 15.3. The standard InChI is InChI=1S/C48H70N8O4.C2H6/c1-10-18-38(43(59-31(3)11-2)34(6)51-37-23-24-37)54-45(57)41-28-48(27-39(55-60-48)35-19-14-12-15-20-35)30-56(41)46(58)44(47(7,8)9)53-33(5)42(36-21-16-13-17-22-36)52-32(4)40-29-49-25-26-50-40;1-2/h12,14-15,19-20,25-26,29,31,36-38,41-44,51-53H,4-6,10-11,13,16-18,21-24,27-28,30H2,1-3,7-9H3,(H,54,57);1-2H3/t31-,38-,41?,42+,43?,44?,48+;/m0./s1. The fourth-order valence-electron chi connectivity index (χ4n) is 8.91. The summed E-state index contributed by atoms with van der Waals surface area (Å²) in [5, 5.41) is 18.8. The second-order valence-corrected chi connectivity index (χ2v) is 18.7. The highest BCUT2D eigenvalue weighted by Crippen LogP contribution is 2.41. The number of oxime groups is 1. The molecule has 0 bridgehead atoms. The van der Waals surface area contributed by atoms with Crippen molar-refractivity contribution >= 4 is 23.2 Å². The van der Waals surface area contributed by atoms with Crippen LogP contribution in [0.3, 0.4) is 0 Å². The average Bonchev–Trinajstić information content (AvgIpc) is 3.87. The summed E-state index contributed by atoms with van der Waals surface area (Å²) < 4.78 is 6.61. The third-order valence-corrected chi connectivity index (χ3v) is 12.6. The SMILES string of the molecule is C=C(N[C@H](C(=C)NC(C(=O)N1C[C@@]2(CC(c3ccccc3)=NO2)CC1C(=O)N[C@@H](CCC)C(O[C@@H](C)CC)C(=C)NC1CC1)C(C)(C)C)C1CCCCC1)c1cnccn1.CC. The Hall–Kier alpha value is -4.71. The Morgan fingerprint density at radius 2 is 1.68 bits per heavy atom. The van der Waals surface area contributed by atoms with E-state index in [1.54, 1.807) is 23.5 Å². The molecule has 4 aliphatic rings. The fraction of sp³-hybridized carbons (Fsp3) is 0.620. The Kier molecular flexibility index (Phi) is 17.2. The Morgan fingerprint density at radius 3 is 2.29 bits per heavy atom. The van der Waals surface area contributed by atoms with Gasteiger partial charge in [0.1, 0.15) is 23.9 Å². The van der Waals surface area contributed by atoms with Gasteiger partial charge in [-0.05, 0) is 62.3 Å². The minimum atomic E-state index is -0.868. The molecule has 1 aromatic carbocycles. The molecule has 3 heterocycles. The first-order valence-corrected chi connectivity index (χ1v) is 23.4. The summed E-state index contributed by atoms with van der Waals surface area (Å²) in [5.74, 6) is -0.144. The summed E-state index contributed by atoms with van der Waals surface area (Å²) in [6.45, 7) is 29.9. The molecule has 4 N–H and O–H groups in total. The van der Waals surface area contributed by atoms with Gasteiger partial charge in [-0.15, -0.1) is 0 Å². The fourth-order valence-corrected chi connectivity index (χ4v) is 8.91. The predicted molar refractivity (Wildman–Crippen MR) is 250 cm³/mol. The third kappa shape index (κ3) is 12.5. The number of carbonyl (C=O) groups is 2. The predicted octanol–water partition coefficient (Wildman–Crippen LogP) is 8.43. The zero-order valence-corrected chi connectivity index (χ0v) is 39.0. The van der Waals surface area contributed by atoms with E-state index in [1.165, 1.54) is 6.42 Å². The number of hydrogen-bond acceptors (Lipinski definition) is 10. The molecule has 1 saturated heterocycles. The van der Waals surface area contributed by atoms with Crippen molar-refractivity contribution in [2.45, 2.75) is 180 Å². The van der Waals surface area contributed by atoms with Crippen LogP contribution in [0.5, 0.6) is 0 Å².